The van der Waals surface area contributed by atoms with E-state index >= 15 is 0 Å². The van der Waals surface area contributed by atoms with Crippen molar-refractivity contribution >= 4 is 6.29 Å². The molecule has 0 N–H and O–H groups in total. The summed E-state index contributed by atoms with van der Waals surface area (Å²) in [5.41, 5.74) is -1.10. The lowest BCUT2D eigenvalue weighted by molar-refractivity contribution is 0.0137. The van der Waals surface area contributed by atoms with Crippen LogP contribution in [0.5, 0.6) is 0 Å². The number of benzene rings is 1. The summed E-state index contributed by atoms with van der Waals surface area (Å²) in [5.74, 6) is -4.41. The fourth-order valence-electron chi connectivity index (χ4n) is 0.980. The third kappa shape index (κ3) is 1.88. The standard InChI is InChI=1S/C9H7F3O/c1-9(11,12)7-4-2-3-6(5-13)8(7)10/h2-5H,1H3. The Hall–Kier alpha value is -1.32. The molecule has 0 aliphatic carbocycles. The van der Waals surface area contributed by atoms with Crippen LogP contribution in [-0.2, 0) is 5.92 Å². The third-order valence-electron chi connectivity index (χ3n) is 1.63. The van der Waals surface area contributed by atoms with E-state index in [1.165, 1.54) is 6.07 Å². The van der Waals surface area contributed by atoms with Crippen molar-refractivity contribution in [3.05, 3.63) is 35.1 Å². The number of alkyl halides is 2. The van der Waals surface area contributed by atoms with E-state index < -0.39 is 17.3 Å². The first-order valence-corrected chi connectivity index (χ1v) is 3.59. The van der Waals surface area contributed by atoms with E-state index in [9.17, 15) is 18.0 Å². The maximum Gasteiger partial charge on any atom is 0.273 e. The van der Waals surface area contributed by atoms with Gasteiger partial charge in [-0.05, 0) is 6.07 Å². The fraction of sp³-hybridized carbons (Fsp3) is 0.222. The predicted molar refractivity (Wildman–Crippen MR) is 41.4 cm³/mol. The van der Waals surface area contributed by atoms with E-state index in [1.54, 1.807) is 0 Å². The van der Waals surface area contributed by atoms with Gasteiger partial charge in [-0.3, -0.25) is 4.79 Å². The summed E-state index contributed by atoms with van der Waals surface area (Å²) in [5, 5.41) is 0. The molecule has 0 unspecified atom stereocenters. The van der Waals surface area contributed by atoms with E-state index in [1.807, 2.05) is 0 Å². The van der Waals surface area contributed by atoms with Crippen LogP contribution in [-0.4, -0.2) is 6.29 Å². The topological polar surface area (TPSA) is 17.1 Å². The van der Waals surface area contributed by atoms with E-state index in [0.29, 0.717) is 6.92 Å². The minimum atomic E-state index is -3.26. The minimum absolute atomic E-state index is 0.213. The molecule has 1 nitrogen and oxygen atoms in total. The molecule has 0 aliphatic rings. The van der Waals surface area contributed by atoms with Gasteiger partial charge in [0.15, 0.2) is 6.29 Å². The SMILES string of the molecule is CC(F)(F)c1cccc(C=O)c1F. The molecule has 0 heterocycles. The highest BCUT2D eigenvalue weighted by Gasteiger charge is 2.28. The molecule has 0 atom stereocenters. The Morgan fingerprint density at radius 3 is 2.46 bits per heavy atom. The van der Waals surface area contributed by atoms with Gasteiger partial charge in [0.25, 0.3) is 5.92 Å². The first-order valence-electron chi connectivity index (χ1n) is 3.59. The zero-order chi connectivity index (χ0) is 10.1. The van der Waals surface area contributed by atoms with Crippen LogP contribution in [0, 0.1) is 5.82 Å². The van der Waals surface area contributed by atoms with Crippen LogP contribution < -0.4 is 0 Å². The molecule has 0 saturated carbocycles. The lowest BCUT2D eigenvalue weighted by Gasteiger charge is -2.11. The highest BCUT2D eigenvalue weighted by Crippen LogP contribution is 2.29. The molecule has 0 fully saturated rings. The first-order chi connectivity index (χ1) is 5.96. The van der Waals surface area contributed by atoms with Crippen LogP contribution in [0.2, 0.25) is 0 Å². The van der Waals surface area contributed by atoms with Crippen molar-refractivity contribution in [2.45, 2.75) is 12.8 Å². The van der Waals surface area contributed by atoms with E-state index in [2.05, 4.69) is 0 Å². The summed E-state index contributed by atoms with van der Waals surface area (Å²) >= 11 is 0. The van der Waals surface area contributed by atoms with Gasteiger partial charge in [-0.15, -0.1) is 0 Å². The van der Waals surface area contributed by atoms with Gasteiger partial charge in [0.2, 0.25) is 0 Å². The Morgan fingerprint density at radius 2 is 2.00 bits per heavy atom. The molecule has 1 aromatic rings. The summed E-state index contributed by atoms with van der Waals surface area (Å²) in [4.78, 5) is 10.2. The van der Waals surface area contributed by atoms with Crippen LogP contribution in [0.4, 0.5) is 13.2 Å². The number of rotatable bonds is 2. The van der Waals surface area contributed by atoms with Crippen molar-refractivity contribution in [1.29, 1.82) is 0 Å². The molecule has 70 valence electrons. The summed E-state index contributed by atoms with van der Waals surface area (Å²) < 4.78 is 38.4. The highest BCUT2D eigenvalue weighted by atomic mass is 19.3. The third-order valence-corrected chi connectivity index (χ3v) is 1.63. The van der Waals surface area contributed by atoms with Crippen molar-refractivity contribution in [1.82, 2.24) is 0 Å². The van der Waals surface area contributed by atoms with Gasteiger partial charge in [-0.1, -0.05) is 12.1 Å². The van der Waals surface area contributed by atoms with Crippen LogP contribution in [0.25, 0.3) is 0 Å². The van der Waals surface area contributed by atoms with Gasteiger partial charge in [-0.2, -0.15) is 0 Å². The molecule has 4 heteroatoms. The zero-order valence-electron chi connectivity index (χ0n) is 6.85. The van der Waals surface area contributed by atoms with Crippen molar-refractivity contribution in [2.75, 3.05) is 0 Å². The Labute approximate surface area is 73.2 Å². The van der Waals surface area contributed by atoms with Gasteiger partial charge in [0.05, 0.1) is 11.1 Å². The zero-order valence-corrected chi connectivity index (χ0v) is 6.85. The van der Waals surface area contributed by atoms with Gasteiger partial charge in [0.1, 0.15) is 5.82 Å². The normalized spacial score (nSPS) is 11.4. The highest BCUT2D eigenvalue weighted by molar-refractivity contribution is 5.75. The maximum atomic E-state index is 13.1. The molecular weight excluding hydrogens is 181 g/mol. The average Bonchev–Trinajstić information content (AvgIpc) is 2.02. The monoisotopic (exact) mass is 188 g/mol. The molecule has 1 aromatic carbocycles. The van der Waals surface area contributed by atoms with E-state index in [4.69, 9.17) is 0 Å². The van der Waals surface area contributed by atoms with Crippen molar-refractivity contribution in [3.63, 3.8) is 0 Å². The average molecular weight is 188 g/mol. The van der Waals surface area contributed by atoms with Gasteiger partial charge in [-0.25, -0.2) is 13.2 Å². The predicted octanol–water partition coefficient (Wildman–Crippen LogP) is 2.75. The lowest BCUT2D eigenvalue weighted by atomic mass is 10.1. The number of hydrogen-bond acceptors (Lipinski definition) is 1. The van der Waals surface area contributed by atoms with Crippen molar-refractivity contribution in [2.24, 2.45) is 0 Å². The summed E-state index contributed by atoms with van der Waals surface area (Å²) in [7, 11) is 0. The number of carbonyl (C=O) groups excluding carboxylic acids is 1. The van der Waals surface area contributed by atoms with E-state index in [-0.39, 0.29) is 11.8 Å². The molecule has 0 spiro atoms. The van der Waals surface area contributed by atoms with Crippen molar-refractivity contribution < 1.29 is 18.0 Å². The second kappa shape index (κ2) is 3.20. The summed E-state index contributed by atoms with van der Waals surface area (Å²) in [6.07, 6.45) is 0.213. The Kier molecular flexibility index (Phi) is 2.40. The van der Waals surface area contributed by atoms with Gasteiger partial charge in [0, 0.05) is 6.92 Å². The van der Waals surface area contributed by atoms with Crippen LogP contribution in [0.1, 0.15) is 22.8 Å². The molecule has 0 bridgehead atoms. The minimum Gasteiger partial charge on any atom is -0.298 e. The second-order valence-electron chi connectivity index (χ2n) is 2.72. The summed E-state index contributed by atoms with van der Waals surface area (Å²) in [6.45, 7) is 0.583. The largest absolute Gasteiger partial charge is 0.298 e. The lowest BCUT2D eigenvalue weighted by Crippen LogP contribution is -2.11. The maximum absolute atomic E-state index is 13.1. The van der Waals surface area contributed by atoms with Crippen LogP contribution in [0.15, 0.2) is 18.2 Å². The molecular formula is C9H7F3O. The van der Waals surface area contributed by atoms with Crippen LogP contribution in [0.3, 0.4) is 0 Å². The Balaban J connectivity index is 3.32. The number of carbonyl (C=O) groups is 1. The smallest absolute Gasteiger partial charge is 0.273 e. The van der Waals surface area contributed by atoms with Crippen LogP contribution >= 0.6 is 0 Å². The molecule has 0 saturated heterocycles. The number of halogens is 3. The molecule has 0 radical (unpaired) electrons. The van der Waals surface area contributed by atoms with Gasteiger partial charge < -0.3 is 0 Å². The quantitative estimate of drug-likeness (QED) is 0.652. The van der Waals surface area contributed by atoms with Gasteiger partial charge >= 0.3 is 0 Å². The molecule has 0 aromatic heterocycles. The number of aldehydes is 1. The first kappa shape index (κ1) is 9.77. The molecule has 0 aliphatic heterocycles. The molecule has 13 heavy (non-hydrogen) atoms. The van der Waals surface area contributed by atoms with E-state index in [0.717, 1.165) is 12.1 Å². The van der Waals surface area contributed by atoms with Crippen molar-refractivity contribution in [3.8, 4) is 0 Å². The Bertz CT molecular complexity index is 328. The summed E-state index contributed by atoms with van der Waals surface area (Å²) in [6, 6.07) is 3.33. The fourth-order valence-corrected chi connectivity index (χ4v) is 0.980. The molecule has 0 amide bonds. The number of hydrogen-bond donors (Lipinski definition) is 0. The molecule has 1 rings (SSSR count). The second-order valence-corrected chi connectivity index (χ2v) is 2.72. The Morgan fingerprint density at radius 1 is 1.38 bits per heavy atom.